The summed E-state index contributed by atoms with van der Waals surface area (Å²) in [5.74, 6) is -0.793. The molecule has 0 N–H and O–H groups in total. The normalized spacial score (nSPS) is 11.2. The van der Waals surface area contributed by atoms with Gasteiger partial charge in [-0.1, -0.05) is 0 Å². The predicted octanol–water partition coefficient (Wildman–Crippen LogP) is 2.22. The molecule has 20 heavy (non-hydrogen) atoms. The Morgan fingerprint density at radius 2 is 2.00 bits per heavy atom. The minimum absolute atomic E-state index is 0.0655. The molecular formula is C13H17IO6. The van der Waals surface area contributed by atoms with E-state index in [0.29, 0.717) is 10.2 Å². The molecule has 0 atom stereocenters. The van der Waals surface area contributed by atoms with Gasteiger partial charge in [-0.05, 0) is 43.4 Å². The molecular weight excluding hydrogens is 379 g/mol. The van der Waals surface area contributed by atoms with E-state index in [-0.39, 0.29) is 23.7 Å². The van der Waals surface area contributed by atoms with Gasteiger partial charge in [-0.3, -0.25) is 0 Å². The third-order valence-corrected chi connectivity index (χ3v) is 2.92. The van der Waals surface area contributed by atoms with E-state index in [1.807, 2.05) is 43.4 Å². The molecule has 1 rings (SSSR count). The van der Waals surface area contributed by atoms with E-state index >= 15 is 0 Å². The maximum absolute atomic E-state index is 11.7. The summed E-state index contributed by atoms with van der Waals surface area (Å²) in [5, 5.41) is 0. The second-order valence-corrected chi connectivity index (χ2v) is 6.04. The van der Waals surface area contributed by atoms with Crippen LogP contribution in [0, 0.1) is 3.57 Å². The average Bonchev–Trinajstić information content (AvgIpc) is 2.34. The van der Waals surface area contributed by atoms with Crippen molar-refractivity contribution >= 4 is 28.6 Å². The quantitative estimate of drug-likeness (QED) is 0.432. The van der Waals surface area contributed by atoms with E-state index in [1.165, 1.54) is 13.2 Å². The van der Waals surface area contributed by atoms with E-state index in [2.05, 4.69) is 4.74 Å². The Balaban J connectivity index is 2.72. The number of esters is 1. The third kappa shape index (κ3) is 5.12. The molecule has 0 aromatic carbocycles. The molecule has 0 unspecified atom stereocenters. The lowest BCUT2D eigenvalue weighted by atomic mass is 10.2. The number of ether oxygens (including phenoxy) is 3. The minimum atomic E-state index is -0.715. The molecule has 0 aliphatic heterocycles. The molecule has 0 fully saturated rings. The van der Waals surface area contributed by atoms with Gasteiger partial charge >= 0.3 is 11.6 Å². The van der Waals surface area contributed by atoms with Crippen molar-refractivity contribution in [1.29, 1.82) is 0 Å². The molecule has 0 saturated carbocycles. The van der Waals surface area contributed by atoms with E-state index in [4.69, 9.17) is 13.9 Å². The molecule has 7 heteroatoms. The maximum Gasteiger partial charge on any atom is 0.380 e. The van der Waals surface area contributed by atoms with Crippen molar-refractivity contribution < 1.29 is 23.4 Å². The first kappa shape index (κ1) is 17.0. The molecule has 0 saturated heterocycles. The Morgan fingerprint density at radius 3 is 2.50 bits per heavy atom. The first-order valence-corrected chi connectivity index (χ1v) is 7.01. The van der Waals surface area contributed by atoms with Gasteiger partial charge in [0, 0.05) is 6.07 Å². The van der Waals surface area contributed by atoms with Gasteiger partial charge in [0.15, 0.2) is 0 Å². The van der Waals surface area contributed by atoms with Crippen molar-refractivity contribution in [3.63, 3.8) is 0 Å². The molecule has 0 spiro atoms. The van der Waals surface area contributed by atoms with Crippen LogP contribution in [0.15, 0.2) is 15.3 Å². The average molecular weight is 396 g/mol. The van der Waals surface area contributed by atoms with Crippen molar-refractivity contribution in [2.75, 3.05) is 20.3 Å². The van der Waals surface area contributed by atoms with Gasteiger partial charge in [0.2, 0.25) is 11.5 Å². The summed E-state index contributed by atoms with van der Waals surface area (Å²) in [7, 11) is 1.21. The zero-order chi connectivity index (χ0) is 15.3. The van der Waals surface area contributed by atoms with Gasteiger partial charge in [-0.15, -0.1) is 0 Å². The number of hydrogen-bond acceptors (Lipinski definition) is 6. The van der Waals surface area contributed by atoms with Crippen LogP contribution < -0.4 is 10.4 Å². The molecule has 0 aliphatic rings. The largest absolute Gasteiger partial charge is 0.483 e. The zero-order valence-electron chi connectivity index (χ0n) is 11.8. The Labute approximate surface area is 130 Å². The van der Waals surface area contributed by atoms with Gasteiger partial charge in [-0.2, -0.15) is 0 Å². The lowest BCUT2D eigenvalue weighted by Crippen LogP contribution is -2.23. The maximum atomic E-state index is 11.7. The van der Waals surface area contributed by atoms with Gasteiger partial charge in [-0.25, -0.2) is 9.59 Å². The summed E-state index contributed by atoms with van der Waals surface area (Å²) >= 11 is 1.90. The molecule has 6 nitrogen and oxygen atoms in total. The Kier molecular flexibility index (Phi) is 6.00. The molecule has 0 amide bonds. The highest BCUT2D eigenvalue weighted by Crippen LogP contribution is 2.18. The highest BCUT2D eigenvalue weighted by Gasteiger charge is 2.17. The molecule has 0 bridgehead atoms. The summed E-state index contributed by atoms with van der Waals surface area (Å²) in [5.41, 5.74) is -0.983. The second kappa shape index (κ2) is 7.07. The van der Waals surface area contributed by atoms with Crippen LogP contribution in [-0.2, 0) is 9.47 Å². The summed E-state index contributed by atoms with van der Waals surface area (Å²) < 4.78 is 20.6. The molecule has 112 valence electrons. The number of carbonyl (C=O) groups is 1. The van der Waals surface area contributed by atoms with Crippen molar-refractivity contribution in [2.24, 2.45) is 0 Å². The van der Waals surface area contributed by atoms with Crippen molar-refractivity contribution in [1.82, 2.24) is 0 Å². The van der Waals surface area contributed by atoms with Crippen LogP contribution in [0.4, 0.5) is 0 Å². The summed E-state index contributed by atoms with van der Waals surface area (Å²) in [6, 6.07) is 1.40. The SMILES string of the molecule is COC(=O)c1cc(I)c(OCCOC(C)(C)C)c(=O)o1. The van der Waals surface area contributed by atoms with Crippen LogP contribution in [0.25, 0.3) is 0 Å². The zero-order valence-corrected chi connectivity index (χ0v) is 14.0. The monoisotopic (exact) mass is 396 g/mol. The first-order valence-electron chi connectivity index (χ1n) is 5.93. The smallest absolute Gasteiger partial charge is 0.380 e. The van der Waals surface area contributed by atoms with Crippen molar-refractivity contribution in [3.8, 4) is 5.75 Å². The van der Waals surface area contributed by atoms with E-state index in [9.17, 15) is 9.59 Å². The predicted molar refractivity (Wildman–Crippen MR) is 80.2 cm³/mol. The van der Waals surface area contributed by atoms with Gasteiger partial charge in [0.1, 0.15) is 6.61 Å². The van der Waals surface area contributed by atoms with E-state index in [1.54, 1.807) is 0 Å². The molecule has 1 heterocycles. The van der Waals surface area contributed by atoms with Gasteiger partial charge in [0.25, 0.3) is 0 Å². The Bertz CT molecular complexity index is 529. The van der Waals surface area contributed by atoms with E-state index in [0.717, 1.165) is 0 Å². The fourth-order valence-corrected chi connectivity index (χ4v) is 1.93. The molecule has 1 aromatic heterocycles. The number of hydrogen-bond donors (Lipinski definition) is 0. The highest BCUT2D eigenvalue weighted by molar-refractivity contribution is 14.1. The van der Waals surface area contributed by atoms with Crippen LogP contribution in [0.5, 0.6) is 5.75 Å². The number of halogens is 1. The van der Waals surface area contributed by atoms with Crippen LogP contribution in [0.3, 0.4) is 0 Å². The lowest BCUT2D eigenvalue weighted by molar-refractivity contribution is -0.0168. The molecule has 0 radical (unpaired) electrons. The minimum Gasteiger partial charge on any atom is -0.483 e. The third-order valence-electron chi connectivity index (χ3n) is 2.11. The summed E-state index contributed by atoms with van der Waals surface area (Å²) in [6.45, 7) is 6.34. The fraction of sp³-hybridized carbons (Fsp3) is 0.538. The van der Waals surface area contributed by atoms with Crippen LogP contribution in [-0.4, -0.2) is 31.9 Å². The first-order chi connectivity index (χ1) is 9.24. The van der Waals surface area contributed by atoms with Crippen molar-refractivity contribution in [2.45, 2.75) is 26.4 Å². The van der Waals surface area contributed by atoms with Crippen molar-refractivity contribution in [3.05, 3.63) is 25.8 Å². The Morgan fingerprint density at radius 1 is 1.35 bits per heavy atom. The molecule has 1 aromatic rings. The topological polar surface area (TPSA) is 75.0 Å². The van der Waals surface area contributed by atoms with Crippen LogP contribution >= 0.6 is 22.6 Å². The lowest BCUT2D eigenvalue weighted by Gasteiger charge is -2.19. The standard InChI is InChI=1S/C13H17IO6/c1-13(2,3)19-6-5-18-10-8(14)7-9(11(15)17-4)20-12(10)16/h7H,5-6H2,1-4H3. The van der Waals surface area contributed by atoms with E-state index < -0.39 is 11.6 Å². The van der Waals surface area contributed by atoms with Crippen LogP contribution in [0.2, 0.25) is 0 Å². The van der Waals surface area contributed by atoms with Gasteiger partial charge < -0.3 is 18.6 Å². The molecule has 0 aliphatic carbocycles. The number of rotatable bonds is 5. The number of carbonyl (C=O) groups excluding carboxylic acids is 1. The fourth-order valence-electron chi connectivity index (χ4n) is 1.27. The van der Waals surface area contributed by atoms with Crippen LogP contribution in [0.1, 0.15) is 31.3 Å². The summed E-state index contributed by atoms with van der Waals surface area (Å²) in [4.78, 5) is 23.0. The Hall–Kier alpha value is -1.09. The van der Waals surface area contributed by atoms with Gasteiger partial charge in [0.05, 0.1) is 22.9 Å². The number of methoxy groups -OCH3 is 1. The second-order valence-electron chi connectivity index (χ2n) is 4.88. The summed E-state index contributed by atoms with van der Waals surface area (Å²) in [6.07, 6.45) is 0. The highest BCUT2D eigenvalue weighted by atomic mass is 127.